The normalized spacial score (nSPS) is 15.4. The molecule has 2 heterocycles. The number of aliphatic imine (C=N–C) groups is 1. The monoisotopic (exact) mass is 324 g/mol. The molecule has 6 heteroatoms. The number of halogens is 2. The summed E-state index contributed by atoms with van der Waals surface area (Å²) in [6, 6.07) is 3.69. The van der Waals surface area contributed by atoms with E-state index in [1.807, 2.05) is 12.3 Å². The number of nitrogens with one attached hydrogen (secondary N) is 2. The molecule has 3 rings (SSSR count). The highest BCUT2D eigenvalue weighted by atomic mass is 35.5. The van der Waals surface area contributed by atoms with E-state index in [0.29, 0.717) is 10.0 Å². The van der Waals surface area contributed by atoms with Gasteiger partial charge in [0.25, 0.3) is 0 Å². The first-order valence-electron chi connectivity index (χ1n) is 7.09. The van der Waals surface area contributed by atoms with Crippen molar-refractivity contribution in [1.29, 1.82) is 0 Å². The van der Waals surface area contributed by atoms with Gasteiger partial charge in [-0.05, 0) is 30.5 Å². The minimum Gasteiger partial charge on any atom is -0.361 e. The minimum atomic E-state index is 0.650. The molecule has 4 nitrogen and oxygen atoms in total. The summed E-state index contributed by atoms with van der Waals surface area (Å²) in [7, 11) is 2.07. The van der Waals surface area contributed by atoms with Crippen molar-refractivity contribution in [2.75, 3.05) is 26.7 Å². The molecule has 0 amide bonds. The summed E-state index contributed by atoms with van der Waals surface area (Å²) in [5.74, 6) is 0.982. The van der Waals surface area contributed by atoms with Crippen molar-refractivity contribution in [3.63, 3.8) is 0 Å². The van der Waals surface area contributed by atoms with E-state index in [2.05, 4.69) is 27.2 Å². The number of hydrogen-bond acceptors (Lipinski definition) is 3. The molecule has 0 unspecified atom stereocenters. The number of benzene rings is 1. The number of rotatable bonds is 3. The maximum Gasteiger partial charge on any atom is 0.193 e. The van der Waals surface area contributed by atoms with E-state index in [1.165, 1.54) is 5.56 Å². The van der Waals surface area contributed by atoms with E-state index in [0.717, 1.165) is 49.3 Å². The molecule has 21 heavy (non-hydrogen) atoms. The average Bonchev–Trinajstić information content (AvgIpc) is 2.84. The Balaban J connectivity index is 1.70. The van der Waals surface area contributed by atoms with Gasteiger partial charge in [0.2, 0.25) is 0 Å². The molecule has 0 atom stereocenters. The summed E-state index contributed by atoms with van der Waals surface area (Å²) in [6.45, 7) is 2.79. The Bertz CT molecular complexity index is 678. The molecule has 112 valence electrons. The van der Waals surface area contributed by atoms with E-state index in [4.69, 9.17) is 23.2 Å². The molecule has 0 radical (unpaired) electrons. The van der Waals surface area contributed by atoms with Crippen LogP contribution in [0.1, 0.15) is 12.0 Å². The lowest BCUT2D eigenvalue weighted by molar-refractivity contribution is 0.447. The van der Waals surface area contributed by atoms with Gasteiger partial charge in [-0.3, -0.25) is 4.99 Å². The summed E-state index contributed by atoms with van der Waals surface area (Å²) in [5, 5.41) is 5.80. The highest BCUT2D eigenvalue weighted by molar-refractivity contribution is 6.38. The molecular formula is C15H18Cl2N4. The molecule has 1 aromatic heterocycles. The molecule has 2 N–H and O–H groups in total. The van der Waals surface area contributed by atoms with E-state index in [1.54, 1.807) is 6.07 Å². The van der Waals surface area contributed by atoms with Gasteiger partial charge in [0, 0.05) is 48.8 Å². The van der Waals surface area contributed by atoms with Gasteiger partial charge < -0.3 is 15.2 Å². The first-order valence-corrected chi connectivity index (χ1v) is 7.85. The van der Waals surface area contributed by atoms with Gasteiger partial charge in [-0.25, -0.2) is 0 Å². The molecule has 0 saturated heterocycles. The third kappa shape index (κ3) is 3.11. The van der Waals surface area contributed by atoms with Crippen LogP contribution in [0.4, 0.5) is 0 Å². The zero-order chi connectivity index (χ0) is 14.8. The Kier molecular flexibility index (Phi) is 4.27. The Hall–Kier alpha value is -1.39. The predicted octanol–water partition coefficient (Wildman–Crippen LogP) is 3.30. The summed E-state index contributed by atoms with van der Waals surface area (Å²) < 4.78 is 0. The number of nitrogens with zero attached hydrogens (tertiary/aromatic N) is 2. The minimum absolute atomic E-state index is 0.650. The van der Waals surface area contributed by atoms with Crippen LogP contribution in [-0.4, -0.2) is 42.5 Å². The van der Waals surface area contributed by atoms with Crippen molar-refractivity contribution < 1.29 is 0 Å². The lowest BCUT2D eigenvalue weighted by Crippen LogP contribution is -2.42. The SMILES string of the molecule is CN1CCCN=C1NCCc1c[nH]c2cc(Cl)cc(Cl)c12. The second kappa shape index (κ2) is 6.16. The van der Waals surface area contributed by atoms with E-state index in [9.17, 15) is 0 Å². The molecule has 0 fully saturated rings. The number of aromatic amines is 1. The van der Waals surface area contributed by atoms with Crippen LogP contribution in [0.5, 0.6) is 0 Å². The fourth-order valence-corrected chi connectivity index (χ4v) is 3.28. The van der Waals surface area contributed by atoms with Crippen molar-refractivity contribution in [1.82, 2.24) is 15.2 Å². The molecule has 1 aliphatic rings. The smallest absolute Gasteiger partial charge is 0.193 e. The summed E-state index contributed by atoms with van der Waals surface area (Å²) in [4.78, 5) is 9.89. The van der Waals surface area contributed by atoms with Crippen molar-refractivity contribution in [2.24, 2.45) is 4.99 Å². The Morgan fingerprint density at radius 3 is 3.05 bits per heavy atom. The van der Waals surface area contributed by atoms with Crippen LogP contribution in [0.3, 0.4) is 0 Å². The number of guanidine groups is 1. The van der Waals surface area contributed by atoms with Crippen LogP contribution in [0.15, 0.2) is 23.3 Å². The van der Waals surface area contributed by atoms with Gasteiger partial charge in [-0.1, -0.05) is 23.2 Å². The number of hydrogen-bond donors (Lipinski definition) is 2. The highest BCUT2D eigenvalue weighted by Gasteiger charge is 2.12. The van der Waals surface area contributed by atoms with Crippen LogP contribution in [-0.2, 0) is 6.42 Å². The van der Waals surface area contributed by atoms with Crippen LogP contribution in [0.2, 0.25) is 10.0 Å². The molecule has 0 spiro atoms. The van der Waals surface area contributed by atoms with Gasteiger partial charge in [-0.15, -0.1) is 0 Å². The fraction of sp³-hybridized carbons (Fsp3) is 0.400. The van der Waals surface area contributed by atoms with E-state index < -0.39 is 0 Å². The largest absolute Gasteiger partial charge is 0.361 e. The first-order chi connectivity index (χ1) is 10.1. The van der Waals surface area contributed by atoms with Gasteiger partial charge in [0.1, 0.15) is 0 Å². The molecule has 1 aromatic carbocycles. The Morgan fingerprint density at radius 1 is 1.38 bits per heavy atom. The van der Waals surface area contributed by atoms with E-state index in [-0.39, 0.29) is 0 Å². The maximum absolute atomic E-state index is 6.30. The number of fused-ring (bicyclic) bond motifs is 1. The van der Waals surface area contributed by atoms with Crippen LogP contribution >= 0.6 is 23.2 Å². The Morgan fingerprint density at radius 2 is 2.24 bits per heavy atom. The van der Waals surface area contributed by atoms with Crippen molar-refractivity contribution in [3.8, 4) is 0 Å². The maximum atomic E-state index is 6.30. The zero-order valence-electron chi connectivity index (χ0n) is 11.9. The summed E-state index contributed by atoms with van der Waals surface area (Å²) in [6.07, 6.45) is 4.01. The van der Waals surface area contributed by atoms with Gasteiger partial charge in [0.05, 0.1) is 5.02 Å². The van der Waals surface area contributed by atoms with Crippen LogP contribution < -0.4 is 5.32 Å². The standard InChI is InChI=1S/C15H18Cl2N4/c1-21-6-2-4-18-15(21)19-5-3-10-9-20-13-8-11(16)7-12(17)14(10)13/h7-9,20H,2-6H2,1H3,(H,18,19). The van der Waals surface area contributed by atoms with Crippen molar-refractivity contribution >= 4 is 40.1 Å². The van der Waals surface area contributed by atoms with E-state index >= 15 is 0 Å². The fourth-order valence-electron chi connectivity index (χ4n) is 2.67. The summed E-state index contributed by atoms with van der Waals surface area (Å²) in [5.41, 5.74) is 2.17. The van der Waals surface area contributed by atoms with Crippen molar-refractivity contribution in [3.05, 3.63) is 33.9 Å². The number of aromatic nitrogens is 1. The van der Waals surface area contributed by atoms with Gasteiger partial charge >= 0.3 is 0 Å². The second-order valence-corrected chi connectivity index (χ2v) is 6.12. The average molecular weight is 325 g/mol. The zero-order valence-corrected chi connectivity index (χ0v) is 13.4. The molecule has 0 aliphatic carbocycles. The molecule has 0 saturated carbocycles. The molecule has 2 aromatic rings. The molecule has 0 bridgehead atoms. The van der Waals surface area contributed by atoms with Gasteiger partial charge in [-0.2, -0.15) is 0 Å². The lowest BCUT2D eigenvalue weighted by atomic mass is 10.1. The van der Waals surface area contributed by atoms with Crippen molar-refractivity contribution in [2.45, 2.75) is 12.8 Å². The third-order valence-corrected chi connectivity index (χ3v) is 4.25. The Labute approximate surface area is 134 Å². The lowest BCUT2D eigenvalue weighted by Gasteiger charge is -2.25. The molecular weight excluding hydrogens is 307 g/mol. The predicted molar refractivity (Wildman–Crippen MR) is 89.6 cm³/mol. The second-order valence-electron chi connectivity index (χ2n) is 5.28. The quantitative estimate of drug-likeness (QED) is 0.909. The number of H-pyrrole nitrogens is 1. The molecule has 1 aliphatic heterocycles. The van der Waals surface area contributed by atoms with Crippen LogP contribution in [0.25, 0.3) is 10.9 Å². The van der Waals surface area contributed by atoms with Crippen LogP contribution in [0, 0.1) is 0 Å². The van der Waals surface area contributed by atoms with Gasteiger partial charge in [0.15, 0.2) is 5.96 Å². The third-order valence-electron chi connectivity index (χ3n) is 3.73. The highest BCUT2D eigenvalue weighted by Crippen LogP contribution is 2.30. The summed E-state index contributed by atoms with van der Waals surface area (Å²) >= 11 is 12.3. The first kappa shape index (κ1) is 14.5. The topological polar surface area (TPSA) is 43.4 Å².